The Bertz CT molecular complexity index is 2800. The van der Waals surface area contributed by atoms with Gasteiger partial charge in [-0.05, 0) is 70.8 Å². The summed E-state index contributed by atoms with van der Waals surface area (Å²) < 4.78 is 25.4. The number of aliphatic hydroxyl groups is 2. The van der Waals surface area contributed by atoms with Crippen LogP contribution in [0.1, 0.15) is 49.9 Å². The maximum atomic E-state index is 12.2. The van der Waals surface area contributed by atoms with Crippen molar-refractivity contribution in [2.75, 3.05) is 67.7 Å². The summed E-state index contributed by atoms with van der Waals surface area (Å²) in [6.45, 7) is 11.9. The molecule has 0 unspecified atom stereocenters. The molecular formula is C54H68N12O6. The lowest BCUT2D eigenvalue weighted by Gasteiger charge is -2.31. The summed E-state index contributed by atoms with van der Waals surface area (Å²) in [5.74, 6) is 2.40. The van der Waals surface area contributed by atoms with Crippen molar-refractivity contribution in [2.24, 2.45) is 14.1 Å². The number of aryl methyl sites for hydroxylation is 2. The Morgan fingerprint density at radius 1 is 0.486 bits per heavy atom. The molecule has 8 aromatic rings. The molecule has 6 N–H and O–H groups in total. The van der Waals surface area contributed by atoms with Crippen LogP contribution in [0.2, 0.25) is 0 Å². The molecule has 0 aliphatic heterocycles. The first-order valence-corrected chi connectivity index (χ1v) is 24.0. The lowest BCUT2D eigenvalue weighted by atomic mass is 9.85. The minimum atomic E-state index is -1.38. The zero-order chi connectivity index (χ0) is 51.4. The molecule has 2 atom stereocenters. The van der Waals surface area contributed by atoms with Crippen molar-refractivity contribution < 1.29 is 29.2 Å². The van der Waals surface area contributed by atoms with Crippen LogP contribution in [0.5, 0.6) is 23.0 Å². The zero-order valence-corrected chi connectivity index (χ0v) is 42.9. The van der Waals surface area contributed by atoms with Crippen LogP contribution in [0.3, 0.4) is 0 Å². The van der Waals surface area contributed by atoms with Crippen LogP contribution >= 0.6 is 0 Å². The van der Waals surface area contributed by atoms with Crippen LogP contribution in [0.15, 0.2) is 110 Å². The van der Waals surface area contributed by atoms with Crippen LogP contribution in [-0.4, -0.2) is 130 Å². The molecule has 0 spiro atoms. The molecule has 8 rings (SSSR count). The van der Waals surface area contributed by atoms with Gasteiger partial charge in [0, 0.05) is 101 Å². The number of nitrogens with one attached hydrogen (secondary N) is 4. The van der Waals surface area contributed by atoms with E-state index < -0.39 is 11.2 Å². The molecule has 18 heteroatoms. The van der Waals surface area contributed by atoms with Crippen molar-refractivity contribution in [3.05, 3.63) is 132 Å². The van der Waals surface area contributed by atoms with Crippen LogP contribution in [0.4, 0.5) is 0 Å². The van der Waals surface area contributed by atoms with Gasteiger partial charge in [0.2, 0.25) is 0 Å². The number of fused-ring (bicyclic) bond motifs is 2. The third kappa shape index (κ3) is 12.9. The predicted molar refractivity (Wildman–Crippen MR) is 281 cm³/mol. The van der Waals surface area contributed by atoms with Gasteiger partial charge in [-0.1, -0.05) is 39.8 Å². The topological polar surface area (TPSA) is 213 Å². The quantitative estimate of drug-likeness (QED) is 0.0447. The molecule has 0 amide bonds. The molecule has 0 saturated carbocycles. The Morgan fingerprint density at radius 2 is 0.861 bits per heavy atom. The van der Waals surface area contributed by atoms with E-state index in [1.165, 1.54) is 0 Å². The Labute approximate surface area is 421 Å². The van der Waals surface area contributed by atoms with E-state index in [2.05, 4.69) is 69.1 Å². The molecule has 0 aliphatic rings. The number of hydrogen-bond acceptors (Lipinski definition) is 16. The van der Waals surface area contributed by atoms with Crippen molar-refractivity contribution in [1.29, 1.82) is 0 Å². The first kappa shape index (κ1) is 52.8. The highest BCUT2D eigenvalue weighted by atomic mass is 16.5. The normalized spacial score (nSPS) is 13.2. The van der Waals surface area contributed by atoms with Crippen LogP contribution in [0.25, 0.3) is 44.6 Å². The highest BCUT2D eigenvalue weighted by Gasteiger charge is 2.34. The summed E-state index contributed by atoms with van der Waals surface area (Å²) in [4.78, 5) is 18.8. The average Bonchev–Trinajstić information content (AvgIpc) is 4.04. The second-order valence-electron chi connectivity index (χ2n) is 18.2. The Balaban J connectivity index is 0.000000211. The summed E-state index contributed by atoms with van der Waals surface area (Å²) in [7, 11) is 10.1. The van der Waals surface area contributed by atoms with Crippen molar-refractivity contribution in [1.82, 2.24) is 60.8 Å². The number of ether oxygens (including phenoxy) is 4. The summed E-state index contributed by atoms with van der Waals surface area (Å²) in [6, 6.07) is 23.0. The number of methoxy groups -OCH3 is 4. The van der Waals surface area contributed by atoms with Crippen molar-refractivity contribution in [3.8, 4) is 45.5 Å². The molecule has 18 nitrogen and oxygen atoms in total. The van der Waals surface area contributed by atoms with Gasteiger partial charge in [0.15, 0.2) is 0 Å². The van der Waals surface area contributed by atoms with Gasteiger partial charge in [-0.2, -0.15) is 10.2 Å². The largest absolute Gasteiger partial charge is 0.497 e. The van der Waals surface area contributed by atoms with Gasteiger partial charge in [-0.25, -0.2) is 9.97 Å². The van der Waals surface area contributed by atoms with Crippen molar-refractivity contribution >= 4 is 22.1 Å². The molecule has 0 saturated heterocycles. The predicted octanol–water partition coefficient (Wildman–Crippen LogP) is 5.74. The van der Waals surface area contributed by atoms with Gasteiger partial charge in [0.25, 0.3) is 0 Å². The first-order valence-electron chi connectivity index (χ1n) is 24.0. The maximum absolute atomic E-state index is 12.2. The summed E-state index contributed by atoms with van der Waals surface area (Å²) in [5.41, 5.74) is 5.98. The molecule has 4 aromatic heterocycles. The fraction of sp³-hybridized carbons (Fsp3) is 0.370. The molecule has 0 aliphatic carbocycles. The van der Waals surface area contributed by atoms with Gasteiger partial charge >= 0.3 is 0 Å². The van der Waals surface area contributed by atoms with Crippen LogP contribution in [-0.2, 0) is 25.3 Å². The average molecular weight is 981 g/mol. The van der Waals surface area contributed by atoms with Gasteiger partial charge < -0.3 is 50.4 Å². The second-order valence-corrected chi connectivity index (χ2v) is 18.2. The first-order chi connectivity index (χ1) is 34.6. The zero-order valence-electron chi connectivity index (χ0n) is 42.9. The number of aromatic nitrogens is 8. The van der Waals surface area contributed by atoms with Crippen LogP contribution < -0.4 is 40.2 Å². The maximum Gasteiger partial charge on any atom is 0.127 e. The number of nitrogens with zero attached hydrogens (tertiary/aromatic N) is 8. The smallest absolute Gasteiger partial charge is 0.127 e. The Hall–Kier alpha value is -7.06. The Morgan fingerprint density at radius 3 is 1.18 bits per heavy atom. The summed E-state index contributed by atoms with van der Waals surface area (Å²) in [5, 5.41) is 46.4. The molecule has 72 heavy (non-hydrogen) atoms. The second kappa shape index (κ2) is 23.9. The molecule has 0 radical (unpaired) electrons. The summed E-state index contributed by atoms with van der Waals surface area (Å²) in [6.07, 6.45) is 10.8. The van der Waals surface area contributed by atoms with E-state index in [1.54, 1.807) is 74.7 Å². The summed E-state index contributed by atoms with van der Waals surface area (Å²) >= 11 is 0. The number of hydrogen-bond donors (Lipinski definition) is 6. The fourth-order valence-corrected chi connectivity index (χ4v) is 8.19. The van der Waals surface area contributed by atoms with Gasteiger partial charge in [-0.3, -0.25) is 19.3 Å². The van der Waals surface area contributed by atoms with Crippen LogP contribution in [0, 0.1) is 0 Å². The highest BCUT2D eigenvalue weighted by Crippen LogP contribution is 2.37. The standard InChI is InChI=1S/2C27H34N6O3/c2*1-18(2)29-9-8-28-17-27(34,21-10-22(35-4)13-23(11-21)36-5)20-6-7-24-25(12-20)32-26(15-30-24)19-14-31-33(3)16-19/h2*6-7,10-16,18,28-29,34H,8-9,17H2,1-5H3/t2*27-/m10/s1. The number of benzene rings is 4. The fourth-order valence-electron chi connectivity index (χ4n) is 8.19. The highest BCUT2D eigenvalue weighted by molar-refractivity contribution is 5.79. The third-order valence-corrected chi connectivity index (χ3v) is 12.2. The third-order valence-electron chi connectivity index (χ3n) is 12.2. The van der Waals surface area contributed by atoms with Gasteiger partial charge in [0.1, 0.15) is 34.2 Å². The van der Waals surface area contributed by atoms with E-state index in [1.807, 2.05) is 87.2 Å². The molecule has 0 bridgehead atoms. The molecular weight excluding hydrogens is 913 g/mol. The van der Waals surface area contributed by atoms with Crippen molar-refractivity contribution in [3.63, 3.8) is 0 Å². The van der Waals surface area contributed by atoms with E-state index in [9.17, 15) is 10.2 Å². The molecule has 4 aromatic carbocycles. The lowest BCUT2D eigenvalue weighted by molar-refractivity contribution is 0.0795. The van der Waals surface area contributed by atoms with E-state index in [0.717, 1.165) is 46.6 Å². The van der Waals surface area contributed by atoms with Gasteiger partial charge in [-0.15, -0.1) is 0 Å². The molecule has 0 fully saturated rings. The molecule has 380 valence electrons. The van der Waals surface area contributed by atoms with E-state index in [-0.39, 0.29) is 13.1 Å². The van der Waals surface area contributed by atoms with Crippen molar-refractivity contribution in [2.45, 2.75) is 51.0 Å². The van der Waals surface area contributed by atoms with Gasteiger partial charge in [0.05, 0.1) is 86.7 Å². The SMILES string of the molecule is COc1cc(OC)cc([C@@](O)(CNCCNC(C)C)c2ccc3ncc(-c4cnn(C)c4)nc3c2)c1.COc1cc(OC)cc([C@](O)(CNCCNC(C)C)c2ccc3ncc(-c4cnn(C)c4)nc3c2)c1. The van der Waals surface area contributed by atoms with E-state index in [0.29, 0.717) is 81.5 Å². The minimum absolute atomic E-state index is 0.282. The number of rotatable bonds is 22. The monoisotopic (exact) mass is 981 g/mol. The van der Waals surface area contributed by atoms with E-state index >= 15 is 0 Å². The Kier molecular flexibility index (Phi) is 17.5. The lowest BCUT2D eigenvalue weighted by Crippen LogP contribution is -2.42. The molecule has 4 heterocycles. The minimum Gasteiger partial charge on any atom is -0.497 e. The van der Waals surface area contributed by atoms with E-state index in [4.69, 9.17) is 28.9 Å².